The monoisotopic (exact) mass is 454 g/mol. The number of benzene rings is 1. The van der Waals surface area contributed by atoms with Crippen molar-refractivity contribution in [3.05, 3.63) is 78.9 Å². The summed E-state index contributed by atoms with van der Waals surface area (Å²) in [6, 6.07) is 7.21. The number of hydrogen-bond acceptors (Lipinski definition) is 5. The van der Waals surface area contributed by atoms with E-state index in [9.17, 15) is 36.7 Å². The van der Waals surface area contributed by atoms with Gasteiger partial charge in [-0.25, -0.2) is 13.8 Å². The van der Waals surface area contributed by atoms with Gasteiger partial charge < -0.3 is 10.6 Å². The number of nitrogens with zero attached hydrogens (tertiary/aromatic N) is 1. The van der Waals surface area contributed by atoms with Gasteiger partial charge in [0.1, 0.15) is 17.2 Å². The summed E-state index contributed by atoms with van der Waals surface area (Å²) in [5.74, 6) is -4.98. The fraction of sp³-hybridized carbons (Fsp3) is 0.111. The molecule has 160 valence electrons. The average molecular weight is 454 g/mol. The zero-order valence-electron chi connectivity index (χ0n) is 15.0. The molecule has 1 aromatic carbocycles. The van der Waals surface area contributed by atoms with Crippen LogP contribution in [0.4, 0.5) is 23.4 Å². The highest BCUT2D eigenvalue weighted by molar-refractivity contribution is 7.12. The summed E-state index contributed by atoms with van der Waals surface area (Å²) < 4.78 is 57.5. The number of carbonyl (C=O) groups excluding carboxylic acids is 2. The molecule has 1 aliphatic rings. The summed E-state index contributed by atoms with van der Waals surface area (Å²) in [7, 11) is 0. The van der Waals surface area contributed by atoms with Crippen molar-refractivity contribution in [2.45, 2.75) is 11.7 Å². The van der Waals surface area contributed by atoms with Crippen LogP contribution in [0.3, 0.4) is 0 Å². The number of nitrogens with one attached hydrogen (secondary N) is 3. The van der Waals surface area contributed by atoms with Crippen LogP contribution < -0.4 is 21.9 Å². The fourth-order valence-corrected chi connectivity index (χ4v) is 3.90. The van der Waals surface area contributed by atoms with Crippen molar-refractivity contribution in [2.75, 3.05) is 5.32 Å². The zero-order chi connectivity index (χ0) is 22.6. The third-order valence-electron chi connectivity index (χ3n) is 4.62. The molecule has 0 bridgehead atoms. The Morgan fingerprint density at radius 2 is 1.81 bits per heavy atom. The van der Waals surface area contributed by atoms with Crippen molar-refractivity contribution in [2.24, 2.45) is 0 Å². The molecule has 0 aliphatic carbocycles. The van der Waals surface area contributed by atoms with Crippen LogP contribution in [0.2, 0.25) is 0 Å². The molecule has 0 fully saturated rings. The second-order valence-corrected chi connectivity index (χ2v) is 7.35. The van der Waals surface area contributed by atoms with Crippen LogP contribution >= 0.6 is 11.3 Å². The number of aromatic amines is 1. The Bertz CT molecular complexity index is 1330. The summed E-state index contributed by atoms with van der Waals surface area (Å²) in [5, 5.41) is 4.86. The number of aromatic nitrogens is 2. The third kappa shape index (κ3) is 2.96. The lowest BCUT2D eigenvalue weighted by Gasteiger charge is -2.29. The molecular weight excluding hydrogens is 444 g/mol. The van der Waals surface area contributed by atoms with E-state index in [4.69, 9.17) is 0 Å². The Morgan fingerprint density at radius 3 is 2.42 bits per heavy atom. The predicted octanol–water partition coefficient (Wildman–Crippen LogP) is 1.87. The molecule has 1 atom stereocenters. The molecule has 3 heterocycles. The molecule has 0 saturated carbocycles. The van der Waals surface area contributed by atoms with Crippen LogP contribution in [0.5, 0.6) is 0 Å². The van der Waals surface area contributed by atoms with E-state index < -0.39 is 57.7 Å². The Balaban J connectivity index is 2.03. The Morgan fingerprint density at radius 1 is 1.10 bits per heavy atom. The Kier molecular flexibility index (Phi) is 4.57. The number of H-pyrrole nitrogens is 1. The van der Waals surface area contributed by atoms with Crippen LogP contribution in [0, 0.1) is 5.82 Å². The number of rotatable bonds is 3. The van der Waals surface area contributed by atoms with Gasteiger partial charge in [-0.15, -0.1) is 11.3 Å². The Labute approximate surface area is 173 Å². The van der Waals surface area contributed by atoms with E-state index in [1.54, 1.807) is 10.3 Å². The number of carbonyl (C=O) groups is 2. The van der Waals surface area contributed by atoms with E-state index in [1.807, 2.05) is 5.32 Å². The molecule has 31 heavy (non-hydrogen) atoms. The van der Waals surface area contributed by atoms with Gasteiger partial charge in [0.2, 0.25) is 0 Å². The summed E-state index contributed by atoms with van der Waals surface area (Å²) in [5.41, 5.74) is -8.44. The normalized spacial score (nSPS) is 17.9. The van der Waals surface area contributed by atoms with Gasteiger partial charge in [-0.3, -0.25) is 19.4 Å². The number of amides is 2. The molecule has 8 nitrogen and oxygen atoms in total. The number of fused-ring (bicyclic) bond motifs is 1. The lowest BCUT2D eigenvalue weighted by atomic mass is 9.91. The number of para-hydroxylation sites is 1. The Hall–Kier alpha value is -3.74. The van der Waals surface area contributed by atoms with Crippen molar-refractivity contribution in [3.8, 4) is 5.69 Å². The quantitative estimate of drug-likeness (QED) is 0.525. The lowest BCUT2D eigenvalue weighted by Crippen LogP contribution is -2.62. The third-order valence-corrected chi connectivity index (χ3v) is 5.49. The topological polar surface area (TPSA) is 113 Å². The van der Waals surface area contributed by atoms with E-state index in [0.29, 0.717) is 4.57 Å². The van der Waals surface area contributed by atoms with Gasteiger partial charge in [-0.2, -0.15) is 13.2 Å². The highest BCUT2D eigenvalue weighted by Gasteiger charge is 2.68. The van der Waals surface area contributed by atoms with Gasteiger partial charge in [0.05, 0.1) is 10.6 Å². The molecule has 1 unspecified atom stereocenters. The van der Waals surface area contributed by atoms with Gasteiger partial charge in [-0.05, 0) is 23.6 Å². The molecule has 3 N–H and O–H groups in total. The maximum absolute atomic E-state index is 14.3. The van der Waals surface area contributed by atoms with E-state index in [2.05, 4.69) is 0 Å². The van der Waals surface area contributed by atoms with Crippen molar-refractivity contribution < 1.29 is 27.2 Å². The second kappa shape index (κ2) is 6.91. The molecule has 1 aliphatic heterocycles. The fourth-order valence-electron chi connectivity index (χ4n) is 3.28. The zero-order valence-corrected chi connectivity index (χ0v) is 15.9. The van der Waals surface area contributed by atoms with Gasteiger partial charge in [-0.1, -0.05) is 18.2 Å². The highest BCUT2D eigenvalue weighted by atomic mass is 32.1. The number of halogens is 4. The molecule has 2 amide bonds. The minimum absolute atomic E-state index is 0.149. The largest absolute Gasteiger partial charge is 0.425 e. The van der Waals surface area contributed by atoms with Crippen LogP contribution in [0.1, 0.15) is 15.2 Å². The first-order valence-corrected chi connectivity index (χ1v) is 9.35. The smallest absolute Gasteiger partial charge is 0.326 e. The number of alkyl halides is 3. The van der Waals surface area contributed by atoms with Gasteiger partial charge >= 0.3 is 11.9 Å². The van der Waals surface area contributed by atoms with E-state index >= 15 is 0 Å². The maximum atomic E-state index is 14.3. The summed E-state index contributed by atoms with van der Waals surface area (Å²) in [6.45, 7) is 0. The molecule has 13 heteroatoms. The van der Waals surface area contributed by atoms with Crippen molar-refractivity contribution in [1.82, 2.24) is 14.9 Å². The van der Waals surface area contributed by atoms with Crippen LogP contribution in [-0.4, -0.2) is 27.5 Å². The highest BCUT2D eigenvalue weighted by Crippen LogP contribution is 2.45. The molecular formula is C18H10F4N4O4S. The van der Waals surface area contributed by atoms with E-state index in [-0.39, 0.29) is 4.88 Å². The molecule has 0 saturated heterocycles. The first-order valence-electron chi connectivity index (χ1n) is 8.47. The molecule has 3 aromatic rings. The van der Waals surface area contributed by atoms with Crippen LogP contribution in [-0.2, 0) is 10.3 Å². The lowest BCUT2D eigenvalue weighted by molar-refractivity contribution is -0.196. The molecule has 0 radical (unpaired) electrons. The SMILES string of the molecule is O=C(NC1(C(F)(F)F)C(=O)Nc2c1c(=O)[nH]c(=O)n2-c1ccccc1F)c1cccs1. The molecule has 0 spiro atoms. The second-order valence-electron chi connectivity index (χ2n) is 6.40. The van der Waals surface area contributed by atoms with E-state index in [1.165, 1.54) is 29.6 Å². The molecule has 4 rings (SSSR count). The minimum atomic E-state index is -5.49. The first-order chi connectivity index (χ1) is 14.6. The van der Waals surface area contributed by atoms with Gasteiger partial charge in [0, 0.05) is 0 Å². The summed E-state index contributed by atoms with van der Waals surface area (Å²) >= 11 is 0.813. The first kappa shape index (κ1) is 20.5. The predicted molar refractivity (Wildman–Crippen MR) is 101 cm³/mol. The maximum Gasteiger partial charge on any atom is 0.425 e. The average Bonchev–Trinajstić information content (AvgIpc) is 3.30. The van der Waals surface area contributed by atoms with Crippen molar-refractivity contribution in [3.63, 3.8) is 0 Å². The van der Waals surface area contributed by atoms with Crippen molar-refractivity contribution >= 4 is 29.0 Å². The number of thiophene rings is 1. The summed E-state index contributed by atoms with van der Waals surface area (Å²) in [6.07, 6.45) is -5.49. The molecule has 2 aromatic heterocycles. The standard InChI is InChI=1S/C18H10F4N4O4S/c19-8-4-1-2-5-9(8)26-12-11(14(28)24-16(26)30)17(15(29)23-12,18(20,21)22)25-13(27)10-6-3-7-31-10/h1-7H,(H,23,29)(H,25,27)(H,24,28,30). The minimum Gasteiger partial charge on any atom is -0.326 e. The van der Waals surface area contributed by atoms with Crippen molar-refractivity contribution in [1.29, 1.82) is 0 Å². The van der Waals surface area contributed by atoms with Gasteiger partial charge in [0.15, 0.2) is 0 Å². The number of anilines is 1. The van der Waals surface area contributed by atoms with E-state index in [0.717, 1.165) is 23.5 Å². The van der Waals surface area contributed by atoms with Gasteiger partial charge in [0.25, 0.3) is 22.9 Å². The number of hydrogen-bond donors (Lipinski definition) is 3. The summed E-state index contributed by atoms with van der Waals surface area (Å²) in [4.78, 5) is 51.4. The van der Waals surface area contributed by atoms with Crippen LogP contribution in [0.15, 0.2) is 51.4 Å². The van der Waals surface area contributed by atoms with Crippen LogP contribution in [0.25, 0.3) is 5.69 Å².